The molecule has 0 bridgehead atoms. The third-order valence-electron chi connectivity index (χ3n) is 3.96. The predicted molar refractivity (Wildman–Crippen MR) is 107 cm³/mol. The van der Waals surface area contributed by atoms with Crippen molar-refractivity contribution in [1.82, 2.24) is 4.73 Å². The van der Waals surface area contributed by atoms with Crippen molar-refractivity contribution in [3.63, 3.8) is 0 Å². The summed E-state index contributed by atoms with van der Waals surface area (Å²) in [7, 11) is 0. The van der Waals surface area contributed by atoms with E-state index >= 15 is 0 Å². The van der Waals surface area contributed by atoms with Gasteiger partial charge in [-0.05, 0) is 60.7 Å². The number of hydrogen-bond acceptors (Lipinski definition) is 6. The summed E-state index contributed by atoms with van der Waals surface area (Å²) in [5.74, 6) is 0.511. The molecule has 1 aromatic heterocycles. The topological polar surface area (TPSA) is 63.9 Å². The highest BCUT2D eigenvalue weighted by Gasteiger charge is 2.31. The van der Waals surface area contributed by atoms with E-state index in [4.69, 9.17) is 4.74 Å². The van der Waals surface area contributed by atoms with Crippen LogP contribution in [-0.2, 0) is 6.54 Å². The fourth-order valence-electron chi connectivity index (χ4n) is 2.59. The van der Waals surface area contributed by atoms with Crippen LogP contribution >= 0.6 is 11.9 Å². The molecule has 158 valence electrons. The molecule has 1 N–H and O–H groups in total. The third-order valence-corrected chi connectivity index (χ3v) is 4.74. The van der Waals surface area contributed by atoms with Crippen LogP contribution in [0, 0.1) is 0 Å². The molecule has 2 aromatic carbocycles. The van der Waals surface area contributed by atoms with Gasteiger partial charge in [0, 0.05) is 23.7 Å². The molecule has 10 heteroatoms. The largest absolute Gasteiger partial charge is 0.573 e. The summed E-state index contributed by atoms with van der Waals surface area (Å²) in [6.07, 6.45) is -1.62. The van der Waals surface area contributed by atoms with Crippen LogP contribution in [0.2, 0.25) is 0 Å². The SMILES string of the molecule is CSN(Cc1cccn(O)c1=O)c1ccc(Oc2ccc(OC(F)(F)F)cc2)cc1. The molecule has 0 amide bonds. The van der Waals surface area contributed by atoms with Gasteiger partial charge in [-0.15, -0.1) is 13.2 Å². The summed E-state index contributed by atoms with van der Waals surface area (Å²) < 4.78 is 48.5. The summed E-state index contributed by atoms with van der Waals surface area (Å²) in [5, 5.41) is 9.50. The van der Waals surface area contributed by atoms with E-state index in [1.165, 1.54) is 42.4 Å². The molecular weight excluding hydrogens is 421 g/mol. The predicted octanol–water partition coefficient (Wildman–Crippen LogP) is 5.06. The van der Waals surface area contributed by atoms with Crippen LogP contribution in [0.1, 0.15) is 5.56 Å². The van der Waals surface area contributed by atoms with Crippen LogP contribution in [-0.4, -0.2) is 22.6 Å². The second kappa shape index (κ2) is 9.04. The normalized spacial score (nSPS) is 11.2. The number of halogens is 3. The van der Waals surface area contributed by atoms with Crippen molar-refractivity contribution in [3.8, 4) is 17.2 Å². The Kier molecular flexibility index (Phi) is 6.46. The van der Waals surface area contributed by atoms with E-state index in [9.17, 15) is 23.2 Å². The van der Waals surface area contributed by atoms with E-state index < -0.39 is 11.9 Å². The Morgan fingerprint density at radius 2 is 1.57 bits per heavy atom. The zero-order valence-electron chi connectivity index (χ0n) is 15.7. The van der Waals surface area contributed by atoms with Crippen LogP contribution in [0.4, 0.5) is 18.9 Å². The number of alkyl halides is 3. The molecule has 0 saturated carbocycles. The first kappa shape index (κ1) is 21.4. The third kappa shape index (κ3) is 5.63. The van der Waals surface area contributed by atoms with Crippen molar-refractivity contribution in [3.05, 3.63) is 82.8 Å². The number of pyridine rings is 1. The van der Waals surface area contributed by atoms with Crippen LogP contribution in [0.15, 0.2) is 71.7 Å². The average Bonchev–Trinajstić information content (AvgIpc) is 2.70. The van der Waals surface area contributed by atoms with E-state index in [1.807, 2.05) is 10.6 Å². The fourth-order valence-corrected chi connectivity index (χ4v) is 3.19. The molecule has 0 aliphatic heterocycles. The molecule has 1 heterocycles. The first-order valence-corrected chi connectivity index (χ1v) is 9.78. The molecule has 0 aliphatic rings. The molecule has 6 nitrogen and oxygen atoms in total. The van der Waals surface area contributed by atoms with Gasteiger partial charge in [-0.2, -0.15) is 4.73 Å². The van der Waals surface area contributed by atoms with Crippen molar-refractivity contribution in [2.45, 2.75) is 12.9 Å². The van der Waals surface area contributed by atoms with Gasteiger partial charge in [-0.1, -0.05) is 11.9 Å². The molecule has 0 unspecified atom stereocenters. The summed E-state index contributed by atoms with van der Waals surface area (Å²) in [6, 6.07) is 15.3. The van der Waals surface area contributed by atoms with Crippen molar-refractivity contribution < 1.29 is 27.9 Å². The van der Waals surface area contributed by atoms with E-state index in [0.717, 1.165) is 5.69 Å². The molecular formula is C20H17F3N2O4S. The van der Waals surface area contributed by atoms with Gasteiger partial charge in [-0.3, -0.25) is 4.79 Å². The quantitative estimate of drug-likeness (QED) is 0.411. The molecule has 0 aliphatic carbocycles. The van der Waals surface area contributed by atoms with Gasteiger partial charge < -0.3 is 19.0 Å². The maximum absolute atomic E-state index is 12.2. The Hall–Kier alpha value is -3.27. The zero-order valence-corrected chi connectivity index (χ0v) is 16.5. The number of hydrogen-bond donors (Lipinski definition) is 1. The second-order valence-corrected chi connectivity index (χ2v) is 6.82. The number of rotatable bonds is 7. The molecule has 0 saturated heterocycles. The number of anilines is 1. The van der Waals surface area contributed by atoms with E-state index in [1.54, 1.807) is 36.4 Å². The highest BCUT2D eigenvalue weighted by atomic mass is 32.2. The molecule has 3 rings (SSSR count). The Morgan fingerprint density at radius 3 is 2.13 bits per heavy atom. The van der Waals surface area contributed by atoms with Crippen molar-refractivity contribution in [2.24, 2.45) is 0 Å². The summed E-state index contributed by atoms with van der Waals surface area (Å²) in [6.45, 7) is 0.280. The second-order valence-electron chi connectivity index (χ2n) is 6.02. The lowest BCUT2D eigenvalue weighted by Gasteiger charge is -2.21. The van der Waals surface area contributed by atoms with Gasteiger partial charge in [0.15, 0.2) is 0 Å². The van der Waals surface area contributed by atoms with Crippen LogP contribution in [0.3, 0.4) is 0 Å². The first-order valence-electron chi connectivity index (χ1n) is 8.60. The smallest absolute Gasteiger partial charge is 0.457 e. The minimum atomic E-state index is -4.74. The van der Waals surface area contributed by atoms with Gasteiger partial charge in [0.1, 0.15) is 17.2 Å². The lowest BCUT2D eigenvalue weighted by atomic mass is 10.2. The van der Waals surface area contributed by atoms with Gasteiger partial charge in [0.05, 0.1) is 6.54 Å². The average molecular weight is 438 g/mol. The Morgan fingerprint density at radius 1 is 1.00 bits per heavy atom. The van der Waals surface area contributed by atoms with Crippen molar-refractivity contribution >= 4 is 17.6 Å². The maximum Gasteiger partial charge on any atom is 0.573 e. The monoisotopic (exact) mass is 438 g/mol. The molecule has 30 heavy (non-hydrogen) atoms. The lowest BCUT2D eigenvalue weighted by molar-refractivity contribution is -0.274. The Labute approximate surface area is 174 Å². The van der Waals surface area contributed by atoms with Crippen molar-refractivity contribution in [1.29, 1.82) is 0 Å². The highest BCUT2D eigenvalue weighted by molar-refractivity contribution is 7.99. The number of ether oxygens (including phenoxy) is 2. The van der Waals surface area contributed by atoms with Gasteiger partial charge in [-0.25, -0.2) is 0 Å². The molecule has 0 radical (unpaired) electrons. The number of nitrogens with zero attached hydrogens (tertiary/aromatic N) is 2. The highest BCUT2D eigenvalue weighted by Crippen LogP contribution is 2.30. The van der Waals surface area contributed by atoms with Crippen molar-refractivity contribution in [2.75, 3.05) is 10.6 Å². The van der Waals surface area contributed by atoms with E-state index in [-0.39, 0.29) is 12.3 Å². The minimum absolute atomic E-state index is 0.280. The molecule has 0 fully saturated rings. The Balaban J connectivity index is 1.67. The van der Waals surface area contributed by atoms with Crippen LogP contribution in [0.5, 0.6) is 17.2 Å². The fraction of sp³-hybridized carbons (Fsp3) is 0.150. The standard InChI is InChI=1S/C20H17F3N2O4S/c1-30-25(13-14-3-2-12-24(27)19(14)26)15-4-6-16(7-5-15)28-17-8-10-18(11-9-17)29-20(21,22)23/h2-12,27H,13H2,1H3. The Bertz CT molecular complexity index is 1040. The molecule has 0 atom stereocenters. The van der Waals surface area contributed by atoms with Gasteiger partial charge >= 0.3 is 6.36 Å². The number of aromatic nitrogens is 1. The minimum Gasteiger partial charge on any atom is -0.457 e. The van der Waals surface area contributed by atoms with Gasteiger partial charge in [0.25, 0.3) is 5.56 Å². The van der Waals surface area contributed by atoms with E-state index in [2.05, 4.69) is 4.74 Å². The maximum atomic E-state index is 12.2. The van der Waals surface area contributed by atoms with Crippen LogP contribution in [0.25, 0.3) is 0 Å². The van der Waals surface area contributed by atoms with Crippen LogP contribution < -0.4 is 19.3 Å². The summed E-state index contributed by atoms with van der Waals surface area (Å²) in [4.78, 5) is 12.0. The summed E-state index contributed by atoms with van der Waals surface area (Å²) >= 11 is 1.41. The molecule has 3 aromatic rings. The molecule has 0 spiro atoms. The first-order chi connectivity index (χ1) is 14.2. The lowest BCUT2D eigenvalue weighted by Crippen LogP contribution is -2.25. The number of benzene rings is 2. The summed E-state index contributed by atoms with van der Waals surface area (Å²) in [5.41, 5.74) is 0.738. The van der Waals surface area contributed by atoms with E-state index in [0.29, 0.717) is 21.8 Å². The van der Waals surface area contributed by atoms with Gasteiger partial charge in [0.2, 0.25) is 0 Å². The zero-order chi connectivity index (χ0) is 21.7.